The minimum absolute atomic E-state index is 0.951. The van der Waals surface area contributed by atoms with Gasteiger partial charge in [-0.15, -0.1) is 0 Å². The SMILES string of the molecule is Brc1ccc2cc(-c3nc4c5ccc6ccccc6c5ccc4n3-c3ccccc3)ccc2c1. The van der Waals surface area contributed by atoms with Crippen molar-refractivity contribution in [2.45, 2.75) is 0 Å². The Kier molecular flexibility index (Phi) is 4.33. The lowest BCUT2D eigenvalue weighted by atomic mass is 10.0. The lowest BCUT2D eigenvalue weighted by Crippen LogP contribution is -1.97. The maximum atomic E-state index is 5.27. The van der Waals surface area contributed by atoms with Gasteiger partial charge >= 0.3 is 0 Å². The van der Waals surface area contributed by atoms with E-state index in [0.717, 1.165) is 32.6 Å². The summed E-state index contributed by atoms with van der Waals surface area (Å²) in [6.45, 7) is 0. The molecule has 3 heteroatoms. The predicted octanol–water partition coefficient (Wildman–Crippen LogP) is 8.91. The Morgan fingerprint density at radius 1 is 0.559 bits per heavy atom. The summed E-state index contributed by atoms with van der Waals surface area (Å²) in [6.07, 6.45) is 0. The number of fused-ring (bicyclic) bond motifs is 6. The van der Waals surface area contributed by atoms with E-state index in [9.17, 15) is 0 Å². The average molecular weight is 499 g/mol. The molecule has 34 heavy (non-hydrogen) atoms. The first kappa shape index (κ1) is 19.5. The lowest BCUT2D eigenvalue weighted by molar-refractivity contribution is 1.10. The number of rotatable bonds is 2. The first-order valence-corrected chi connectivity index (χ1v) is 12.1. The van der Waals surface area contributed by atoms with E-state index in [-0.39, 0.29) is 0 Å². The van der Waals surface area contributed by atoms with Crippen LogP contribution in [-0.2, 0) is 0 Å². The molecule has 0 fully saturated rings. The molecule has 0 aliphatic heterocycles. The van der Waals surface area contributed by atoms with E-state index in [1.165, 1.54) is 32.3 Å². The maximum Gasteiger partial charge on any atom is 0.145 e. The highest BCUT2D eigenvalue weighted by Gasteiger charge is 2.17. The van der Waals surface area contributed by atoms with Crippen molar-refractivity contribution in [2.24, 2.45) is 0 Å². The second kappa shape index (κ2) is 7.54. The van der Waals surface area contributed by atoms with Crippen molar-refractivity contribution in [3.05, 3.63) is 120 Å². The highest BCUT2D eigenvalue weighted by molar-refractivity contribution is 9.10. The van der Waals surface area contributed by atoms with Crippen LogP contribution in [0, 0.1) is 0 Å². The molecule has 0 saturated heterocycles. The van der Waals surface area contributed by atoms with Crippen molar-refractivity contribution < 1.29 is 0 Å². The van der Waals surface area contributed by atoms with Gasteiger partial charge in [-0.1, -0.05) is 94.8 Å². The molecule has 0 amide bonds. The van der Waals surface area contributed by atoms with Crippen LogP contribution in [0.4, 0.5) is 0 Å². The van der Waals surface area contributed by atoms with E-state index in [0.29, 0.717) is 0 Å². The first-order chi connectivity index (χ1) is 16.8. The van der Waals surface area contributed by atoms with Crippen LogP contribution < -0.4 is 0 Å². The average Bonchev–Trinajstić information content (AvgIpc) is 3.29. The molecule has 0 bridgehead atoms. The van der Waals surface area contributed by atoms with Gasteiger partial charge in [0.1, 0.15) is 5.82 Å². The Hall–Kier alpha value is -3.95. The van der Waals surface area contributed by atoms with Crippen LogP contribution in [0.15, 0.2) is 120 Å². The summed E-state index contributed by atoms with van der Waals surface area (Å²) in [4.78, 5) is 5.27. The number of aromatic nitrogens is 2. The van der Waals surface area contributed by atoms with Gasteiger partial charge in [-0.3, -0.25) is 4.57 Å². The standard InChI is InChI=1S/C31H19BrN2/c32-24-14-12-21-18-23(11-10-22(21)19-24)31-33-30-28-15-13-20-6-4-5-9-26(20)27(28)16-17-29(30)34(31)25-7-2-1-3-8-25/h1-19H. The quantitative estimate of drug-likeness (QED) is 0.217. The molecule has 6 aromatic carbocycles. The van der Waals surface area contributed by atoms with E-state index < -0.39 is 0 Å². The van der Waals surface area contributed by atoms with Gasteiger partial charge in [0.2, 0.25) is 0 Å². The monoisotopic (exact) mass is 498 g/mol. The van der Waals surface area contributed by atoms with Crippen molar-refractivity contribution in [1.29, 1.82) is 0 Å². The molecule has 7 rings (SSSR count). The third-order valence-electron chi connectivity index (χ3n) is 6.62. The molecule has 1 aromatic heterocycles. The molecule has 0 N–H and O–H groups in total. The number of imidazole rings is 1. The molecule has 7 aromatic rings. The highest BCUT2D eigenvalue weighted by Crippen LogP contribution is 2.36. The molecule has 0 aliphatic carbocycles. The van der Waals surface area contributed by atoms with Gasteiger partial charge in [0.15, 0.2) is 0 Å². The number of hydrogen-bond acceptors (Lipinski definition) is 1. The Balaban J connectivity index is 1.58. The second-order valence-corrected chi connectivity index (χ2v) is 9.54. The van der Waals surface area contributed by atoms with Gasteiger partial charge in [0.05, 0.1) is 11.0 Å². The van der Waals surface area contributed by atoms with Crippen molar-refractivity contribution in [3.63, 3.8) is 0 Å². The summed E-state index contributed by atoms with van der Waals surface area (Å²) in [5.74, 6) is 0.951. The fourth-order valence-electron chi connectivity index (χ4n) is 5.02. The van der Waals surface area contributed by atoms with E-state index >= 15 is 0 Å². The van der Waals surface area contributed by atoms with Crippen LogP contribution >= 0.6 is 15.9 Å². The predicted molar refractivity (Wildman–Crippen MR) is 147 cm³/mol. The zero-order valence-electron chi connectivity index (χ0n) is 18.2. The molecule has 2 nitrogen and oxygen atoms in total. The third-order valence-corrected chi connectivity index (χ3v) is 7.11. The summed E-state index contributed by atoms with van der Waals surface area (Å²) in [5.41, 5.74) is 4.35. The fraction of sp³-hybridized carbons (Fsp3) is 0. The van der Waals surface area contributed by atoms with Gasteiger partial charge in [0, 0.05) is 21.1 Å². The van der Waals surface area contributed by atoms with E-state index in [4.69, 9.17) is 4.98 Å². The van der Waals surface area contributed by atoms with Gasteiger partial charge < -0.3 is 0 Å². The highest BCUT2D eigenvalue weighted by atomic mass is 79.9. The van der Waals surface area contributed by atoms with Crippen LogP contribution in [0.25, 0.3) is 60.4 Å². The molecular weight excluding hydrogens is 480 g/mol. The van der Waals surface area contributed by atoms with Gasteiger partial charge in [-0.05, 0) is 63.3 Å². The summed E-state index contributed by atoms with van der Waals surface area (Å²) in [7, 11) is 0. The van der Waals surface area contributed by atoms with Crippen LogP contribution in [0.1, 0.15) is 0 Å². The second-order valence-electron chi connectivity index (χ2n) is 8.63. The Bertz CT molecular complexity index is 1870. The van der Waals surface area contributed by atoms with Gasteiger partial charge in [-0.25, -0.2) is 4.98 Å². The molecular formula is C31H19BrN2. The molecule has 0 aliphatic rings. The lowest BCUT2D eigenvalue weighted by Gasteiger charge is -2.11. The molecule has 1 heterocycles. The summed E-state index contributed by atoms with van der Waals surface area (Å²) < 4.78 is 3.37. The zero-order valence-corrected chi connectivity index (χ0v) is 19.8. The van der Waals surface area contributed by atoms with Crippen LogP contribution in [-0.4, -0.2) is 9.55 Å². The summed E-state index contributed by atoms with van der Waals surface area (Å²) in [6, 6.07) is 40.9. The number of hydrogen-bond donors (Lipinski definition) is 0. The Morgan fingerprint density at radius 3 is 2.21 bits per heavy atom. The normalized spacial score (nSPS) is 11.7. The van der Waals surface area contributed by atoms with Crippen LogP contribution in [0.5, 0.6) is 0 Å². The van der Waals surface area contributed by atoms with Crippen molar-refractivity contribution in [3.8, 4) is 17.1 Å². The van der Waals surface area contributed by atoms with Crippen molar-refractivity contribution in [1.82, 2.24) is 9.55 Å². The summed E-state index contributed by atoms with van der Waals surface area (Å²) in [5, 5.41) is 7.32. The number of halogens is 1. The maximum absolute atomic E-state index is 5.27. The van der Waals surface area contributed by atoms with Crippen molar-refractivity contribution >= 4 is 59.3 Å². The molecule has 0 spiro atoms. The fourth-order valence-corrected chi connectivity index (χ4v) is 5.40. The van der Waals surface area contributed by atoms with Gasteiger partial charge in [-0.2, -0.15) is 0 Å². The molecule has 160 valence electrons. The number of benzene rings is 6. The van der Waals surface area contributed by atoms with Crippen molar-refractivity contribution in [2.75, 3.05) is 0 Å². The zero-order chi connectivity index (χ0) is 22.6. The number of para-hydroxylation sites is 1. The molecule has 0 saturated carbocycles. The third kappa shape index (κ3) is 2.98. The minimum Gasteiger partial charge on any atom is -0.292 e. The van der Waals surface area contributed by atoms with E-state index in [2.05, 4.69) is 136 Å². The molecule has 0 unspecified atom stereocenters. The topological polar surface area (TPSA) is 17.8 Å². The number of nitrogens with zero attached hydrogens (tertiary/aromatic N) is 2. The van der Waals surface area contributed by atoms with E-state index in [1.54, 1.807) is 0 Å². The largest absolute Gasteiger partial charge is 0.292 e. The minimum atomic E-state index is 0.951. The first-order valence-electron chi connectivity index (χ1n) is 11.3. The Labute approximate surface area is 205 Å². The molecule has 0 atom stereocenters. The van der Waals surface area contributed by atoms with Crippen LogP contribution in [0.3, 0.4) is 0 Å². The molecule has 0 radical (unpaired) electrons. The smallest absolute Gasteiger partial charge is 0.145 e. The Morgan fingerprint density at radius 2 is 1.29 bits per heavy atom. The van der Waals surface area contributed by atoms with Crippen LogP contribution in [0.2, 0.25) is 0 Å². The van der Waals surface area contributed by atoms with E-state index in [1.807, 2.05) is 0 Å². The summed E-state index contributed by atoms with van der Waals surface area (Å²) >= 11 is 3.58. The van der Waals surface area contributed by atoms with Gasteiger partial charge in [0.25, 0.3) is 0 Å².